The van der Waals surface area contributed by atoms with E-state index in [0.717, 1.165) is 4.47 Å². The number of halogens is 2. The van der Waals surface area contributed by atoms with Crippen molar-refractivity contribution >= 4 is 44.5 Å². The summed E-state index contributed by atoms with van der Waals surface area (Å²) >= 11 is 9.54. The summed E-state index contributed by atoms with van der Waals surface area (Å²) in [6, 6.07) is 11.7. The Morgan fingerprint density at radius 3 is 2.81 bits per heavy atom. The van der Waals surface area contributed by atoms with Gasteiger partial charge in [-0.15, -0.1) is 0 Å². The molecule has 0 amide bonds. The minimum absolute atomic E-state index is 0.0179. The highest BCUT2D eigenvalue weighted by molar-refractivity contribution is 9.10. The van der Waals surface area contributed by atoms with Crippen LogP contribution in [0.1, 0.15) is 12.8 Å². The lowest BCUT2D eigenvalue weighted by Crippen LogP contribution is -2.04. The van der Waals surface area contributed by atoms with Gasteiger partial charge in [-0.2, -0.15) is 0 Å². The van der Waals surface area contributed by atoms with Crippen molar-refractivity contribution in [3.8, 4) is 17.1 Å². The summed E-state index contributed by atoms with van der Waals surface area (Å²) in [7, 11) is 0. The van der Waals surface area contributed by atoms with Crippen molar-refractivity contribution in [3.05, 3.63) is 62.2 Å². The van der Waals surface area contributed by atoms with Crippen LogP contribution in [0.25, 0.3) is 22.3 Å². The number of ether oxygens (including phenoxy) is 1. The Morgan fingerprint density at radius 2 is 2.04 bits per heavy atom. The number of fused-ring (bicyclic) bond motifs is 1. The Labute approximate surface area is 162 Å². The van der Waals surface area contributed by atoms with Gasteiger partial charge in [0.2, 0.25) is 0 Å². The normalized spacial score (nSPS) is 10.8. The smallest absolute Gasteiger partial charge is 0.303 e. The minimum Gasteiger partial charge on any atom is -0.493 e. The Kier molecular flexibility index (Phi) is 5.64. The van der Waals surface area contributed by atoms with E-state index in [0.29, 0.717) is 39.5 Å². The predicted molar refractivity (Wildman–Crippen MR) is 103 cm³/mol. The van der Waals surface area contributed by atoms with Crippen LogP contribution in [0, 0.1) is 0 Å². The van der Waals surface area contributed by atoms with Gasteiger partial charge in [-0.05, 0) is 36.8 Å². The number of carboxylic acids is 1. The number of carboxylic acid groups (broad SMARTS) is 1. The van der Waals surface area contributed by atoms with Gasteiger partial charge in [0.25, 0.3) is 0 Å². The number of hydrogen-bond donors (Lipinski definition) is 1. The monoisotopic (exact) mass is 436 g/mol. The molecule has 0 spiro atoms. The van der Waals surface area contributed by atoms with Gasteiger partial charge in [0, 0.05) is 17.0 Å². The lowest BCUT2D eigenvalue weighted by molar-refractivity contribution is -0.137. The molecule has 0 unspecified atom stereocenters. The first kappa shape index (κ1) is 18.5. The van der Waals surface area contributed by atoms with E-state index in [1.54, 1.807) is 36.4 Å². The molecule has 0 aliphatic rings. The maximum Gasteiger partial charge on any atom is 0.303 e. The zero-order valence-electron chi connectivity index (χ0n) is 13.5. The number of carbonyl (C=O) groups is 1. The number of aliphatic carboxylic acids is 1. The SMILES string of the molecule is O=C(O)CCCOc1cc(Br)ccc1-c1cc(=O)c2cccc(Cl)c2o1. The fourth-order valence-electron chi connectivity index (χ4n) is 2.50. The van der Waals surface area contributed by atoms with Crippen LogP contribution in [-0.2, 0) is 4.79 Å². The molecule has 5 nitrogen and oxygen atoms in total. The van der Waals surface area contributed by atoms with Crippen molar-refractivity contribution in [1.29, 1.82) is 0 Å². The van der Waals surface area contributed by atoms with Crippen LogP contribution < -0.4 is 10.2 Å². The third kappa shape index (κ3) is 4.08. The van der Waals surface area contributed by atoms with Gasteiger partial charge in [-0.3, -0.25) is 9.59 Å². The fourth-order valence-corrected chi connectivity index (χ4v) is 3.05. The van der Waals surface area contributed by atoms with Crippen LogP contribution in [-0.4, -0.2) is 17.7 Å². The van der Waals surface area contributed by atoms with Crippen molar-refractivity contribution in [2.24, 2.45) is 0 Å². The summed E-state index contributed by atoms with van der Waals surface area (Å²) in [5.74, 6) is -0.0612. The summed E-state index contributed by atoms with van der Waals surface area (Å²) in [6.07, 6.45) is 0.388. The molecule has 2 aromatic carbocycles. The first-order valence-corrected chi connectivity index (χ1v) is 8.99. The van der Waals surface area contributed by atoms with Crippen LogP contribution in [0.2, 0.25) is 5.02 Å². The predicted octanol–water partition coefficient (Wildman–Crippen LogP) is 5.12. The van der Waals surface area contributed by atoms with E-state index in [1.165, 1.54) is 6.07 Å². The van der Waals surface area contributed by atoms with E-state index in [1.807, 2.05) is 0 Å². The van der Waals surface area contributed by atoms with Gasteiger partial charge in [0.05, 0.1) is 22.6 Å². The summed E-state index contributed by atoms with van der Waals surface area (Å²) in [5, 5.41) is 9.47. The maximum absolute atomic E-state index is 12.4. The van der Waals surface area contributed by atoms with Gasteiger partial charge in [0.15, 0.2) is 11.0 Å². The van der Waals surface area contributed by atoms with Crippen LogP contribution in [0.3, 0.4) is 0 Å². The Bertz CT molecular complexity index is 1030. The Morgan fingerprint density at radius 1 is 1.23 bits per heavy atom. The first-order chi connectivity index (χ1) is 12.5. The lowest BCUT2D eigenvalue weighted by Gasteiger charge is -2.12. The van der Waals surface area contributed by atoms with Crippen molar-refractivity contribution in [2.75, 3.05) is 6.61 Å². The van der Waals surface area contributed by atoms with Gasteiger partial charge in [0.1, 0.15) is 11.5 Å². The molecule has 26 heavy (non-hydrogen) atoms. The van der Waals surface area contributed by atoms with E-state index in [4.69, 9.17) is 25.9 Å². The highest BCUT2D eigenvalue weighted by Crippen LogP contribution is 2.34. The van der Waals surface area contributed by atoms with Crippen molar-refractivity contribution in [2.45, 2.75) is 12.8 Å². The van der Waals surface area contributed by atoms with E-state index < -0.39 is 5.97 Å². The molecule has 7 heteroatoms. The molecule has 1 heterocycles. The minimum atomic E-state index is -0.877. The van der Waals surface area contributed by atoms with Crippen LogP contribution in [0.4, 0.5) is 0 Å². The average molecular weight is 438 g/mol. The zero-order valence-corrected chi connectivity index (χ0v) is 15.8. The number of benzene rings is 2. The van der Waals surface area contributed by atoms with Crippen LogP contribution in [0.5, 0.6) is 5.75 Å². The molecule has 0 radical (unpaired) electrons. The second-order valence-electron chi connectivity index (χ2n) is 5.58. The highest BCUT2D eigenvalue weighted by Gasteiger charge is 2.14. The van der Waals surface area contributed by atoms with Crippen molar-refractivity contribution in [1.82, 2.24) is 0 Å². The highest BCUT2D eigenvalue weighted by atomic mass is 79.9. The summed E-state index contributed by atoms with van der Waals surface area (Å²) in [4.78, 5) is 23.0. The molecule has 1 N–H and O–H groups in total. The quantitative estimate of drug-likeness (QED) is 0.542. The third-order valence-corrected chi connectivity index (χ3v) is 4.50. The second kappa shape index (κ2) is 7.93. The van der Waals surface area contributed by atoms with Gasteiger partial charge in [-0.25, -0.2) is 0 Å². The van der Waals surface area contributed by atoms with Gasteiger partial charge < -0.3 is 14.3 Å². The van der Waals surface area contributed by atoms with Crippen LogP contribution in [0.15, 0.2) is 56.1 Å². The fraction of sp³-hybridized carbons (Fsp3) is 0.158. The molecule has 0 saturated heterocycles. The van der Waals surface area contributed by atoms with Crippen molar-refractivity contribution < 1.29 is 19.1 Å². The largest absolute Gasteiger partial charge is 0.493 e. The molecule has 134 valence electrons. The lowest BCUT2D eigenvalue weighted by atomic mass is 10.1. The molecule has 0 atom stereocenters. The molecule has 3 rings (SSSR count). The maximum atomic E-state index is 12.4. The van der Waals surface area contributed by atoms with E-state index >= 15 is 0 Å². The Balaban J connectivity index is 2.01. The number of hydrogen-bond acceptors (Lipinski definition) is 4. The van der Waals surface area contributed by atoms with Gasteiger partial charge >= 0.3 is 5.97 Å². The average Bonchev–Trinajstić information content (AvgIpc) is 2.59. The van der Waals surface area contributed by atoms with Crippen molar-refractivity contribution in [3.63, 3.8) is 0 Å². The van der Waals surface area contributed by atoms with E-state index in [9.17, 15) is 9.59 Å². The molecule has 1 aromatic heterocycles. The third-order valence-electron chi connectivity index (χ3n) is 3.71. The molecule has 0 saturated carbocycles. The summed E-state index contributed by atoms with van der Waals surface area (Å²) in [5.41, 5.74) is 0.697. The van der Waals surface area contributed by atoms with Gasteiger partial charge in [-0.1, -0.05) is 33.6 Å². The molecule has 3 aromatic rings. The topological polar surface area (TPSA) is 76.7 Å². The zero-order chi connectivity index (χ0) is 18.7. The summed E-state index contributed by atoms with van der Waals surface area (Å²) < 4.78 is 12.4. The number of para-hydroxylation sites is 1. The Hall–Kier alpha value is -2.31. The molecule has 0 aliphatic heterocycles. The number of rotatable bonds is 6. The standard InChI is InChI=1S/C19H14BrClO5/c20-11-6-7-13(16(9-11)25-8-2-5-18(23)24)17-10-15(22)12-3-1-4-14(21)19(12)26-17/h1,3-4,6-7,9-10H,2,5,8H2,(H,23,24). The van der Waals surface area contributed by atoms with E-state index in [2.05, 4.69) is 15.9 Å². The molecular formula is C19H14BrClO5. The first-order valence-electron chi connectivity index (χ1n) is 7.82. The second-order valence-corrected chi connectivity index (χ2v) is 6.90. The molecular weight excluding hydrogens is 424 g/mol. The van der Waals surface area contributed by atoms with Crippen LogP contribution >= 0.6 is 27.5 Å². The molecule has 0 aliphatic carbocycles. The summed E-state index contributed by atoms with van der Waals surface area (Å²) in [6.45, 7) is 0.230. The molecule has 0 fully saturated rings. The molecule has 0 bridgehead atoms. The van der Waals surface area contributed by atoms with E-state index in [-0.39, 0.29) is 18.5 Å².